The molecule has 1 aromatic rings. The van der Waals surface area contributed by atoms with Crippen molar-refractivity contribution in [2.24, 2.45) is 56.7 Å². The molecule has 1 aromatic carbocycles. The van der Waals surface area contributed by atoms with E-state index in [4.69, 9.17) is 14.2 Å². The van der Waals surface area contributed by atoms with E-state index in [2.05, 4.69) is 48.1 Å². The first-order valence-electron chi connectivity index (χ1n) is 20.3. The zero-order valence-corrected chi connectivity index (χ0v) is 33.2. The topological polar surface area (TPSA) is 119 Å². The number of hydrogen-bond donors (Lipinski definition) is 2. The number of ether oxygens (including phenoxy) is 3. The van der Waals surface area contributed by atoms with Crippen LogP contribution in [0, 0.1) is 56.7 Å². The molecule has 5 aliphatic carbocycles. The Kier molecular flexibility index (Phi) is 10.8. The van der Waals surface area contributed by atoms with E-state index in [0.29, 0.717) is 29.6 Å². The van der Waals surface area contributed by atoms with Crippen molar-refractivity contribution in [2.45, 2.75) is 131 Å². The third-order valence-electron chi connectivity index (χ3n) is 16.2. The summed E-state index contributed by atoms with van der Waals surface area (Å²) in [5.74, 6) is 0.691. The van der Waals surface area contributed by atoms with Crippen molar-refractivity contribution in [3.05, 3.63) is 48.1 Å². The van der Waals surface area contributed by atoms with Crippen LogP contribution in [0.4, 0.5) is 0 Å². The number of rotatable bonds is 10. The standard InChI is InChI=1S/C45H64O8/c1-9-51-38(49)26-33(47)40(50)52-27-45-23-18-31(28(2)3)39(45)32-15-16-35-42(6)21-20-36(53-37(48)17-12-29-10-13-30(46)14-11-29)41(4,5)34(42)19-22-44(35,8)43(32,7)24-25-45/h10-14,17,31-36,39,46-47H,2,9,15-16,18-27H2,1,3-8H3/b17-12+/t31-,32+,33?,34-,35+,36-,39+,42-,43+,44+,45+/m0/s1. The molecule has 5 fully saturated rings. The summed E-state index contributed by atoms with van der Waals surface area (Å²) in [6.07, 6.45) is 11.7. The molecule has 8 heteroatoms. The molecule has 0 saturated heterocycles. The van der Waals surface area contributed by atoms with E-state index in [1.165, 1.54) is 11.6 Å². The Morgan fingerprint density at radius 3 is 2.28 bits per heavy atom. The van der Waals surface area contributed by atoms with Crippen LogP contribution in [0.1, 0.15) is 125 Å². The highest BCUT2D eigenvalue weighted by atomic mass is 16.6. The summed E-state index contributed by atoms with van der Waals surface area (Å²) >= 11 is 0. The molecule has 292 valence electrons. The van der Waals surface area contributed by atoms with Crippen LogP contribution in [0.3, 0.4) is 0 Å². The van der Waals surface area contributed by atoms with Crippen molar-refractivity contribution < 1.29 is 38.8 Å². The fraction of sp³-hybridized carbons (Fsp3) is 0.711. The molecule has 0 spiro atoms. The summed E-state index contributed by atoms with van der Waals surface area (Å²) < 4.78 is 17.1. The lowest BCUT2D eigenvalue weighted by Crippen LogP contribution is -2.67. The van der Waals surface area contributed by atoms with E-state index >= 15 is 0 Å². The lowest BCUT2D eigenvalue weighted by Gasteiger charge is -2.73. The summed E-state index contributed by atoms with van der Waals surface area (Å²) in [7, 11) is 0. The van der Waals surface area contributed by atoms with Gasteiger partial charge in [-0.1, -0.05) is 58.9 Å². The van der Waals surface area contributed by atoms with Crippen LogP contribution in [0.25, 0.3) is 6.08 Å². The van der Waals surface area contributed by atoms with E-state index in [1.807, 2.05) is 0 Å². The molecule has 0 aliphatic heterocycles. The first-order chi connectivity index (χ1) is 24.9. The smallest absolute Gasteiger partial charge is 0.335 e. The Bertz CT molecular complexity index is 1600. The van der Waals surface area contributed by atoms with Crippen molar-refractivity contribution in [3.8, 4) is 5.75 Å². The lowest BCUT2D eigenvalue weighted by molar-refractivity contribution is -0.251. The second-order valence-electron chi connectivity index (χ2n) is 18.9. The van der Waals surface area contributed by atoms with Gasteiger partial charge in [-0.05, 0) is 148 Å². The zero-order valence-electron chi connectivity index (χ0n) is 33.2. The molecule has 11 atom stereocenters. The number of phenols is 1. The van der Waals surface area contributed by atoms with Crippen LogP contribution in [-0.4, -0.2) is 53.5 Å². The Morgan fingerprint density at radius 2 is 1.60 bits per heavy atom. The highest BCUT2D eigenvalue weighted by Crippen LogP contribution is 2.77. The average molecular weight is 733 g/mol. The first-order valence-corrected chi connectivity index (χ1v) is 20.3. The molecule has 6 rings (SSSR count). The summed E-state index contributed by atoms with van der Waals surface area (Å²) in [6.45, 7) is 21.2. The summed E-state index contributed by atoms with van der Waals surface area (Å²) in [4.78, 5) is 38.0. The number of aliphatic hydroxyl groups is 1. The number of aromatic hydroxyl groups is 1. The molecule has 2 N–H and O–H groups in total. The SMILES string of the molecule is C=C(C)[C@@H]1CC[C@]2(COC(=O)C(O)CC(=O)OCC)CC[C@]3(C)[C@H](CC[C@@H]4[C@@]5(C)CC[C@H](OC(=O)/C=C/c6ccc(O)cc6)C(C)(C)[C@@H]5CC[C@]43C)[C@@H]12. The van der Waals surface area contributed by atoms with E-state index in [9.17, 15) is 24.6 Å². The fourth-order valence-corrected chi connectivity index (χ4v) is 13.4. The van der Waals surface area contributed by atoms with Crippen molar-refractivity contribution >= 4 is 24.0 Å². The molecule has 5 aliphatic rings. The summed E-state index contributed by atoms with van der Waals surface area (Å²) in [5, 5.41) is 20.1. The van der Waals surface area contributed by atoms with Gasteiger partial charge in [0.05, 0.1) is 19.6 Å². The molecule has 8 nitrogen and oxygen atoms in total. The quantitative estimate of drug-likeness (QED) is 0.106. The van der Waals surface area contributed by atoms with Gasteiger partial charge in [0.15, 0.2) is 6.10 Å². The van der Waals surface area contributed by atoms with Gasteiger partial charge in [-0.15, -0.1) is 0 Å². The van der Waals surface area contributed by atoms with Gasteiger partial charge in [-0.3, -0.25) is 4.79 Å². The van der Waals surface area contributed by atoms with Gasteiger partial charge in [-0.25, -0.2) is 9.59 Å². The second-order valence-corrected chi connectivity index (χ2v) is 18.9. The van der Waals surface area contributed by atoms with Gasteiger partial charge in [-0.2, -0.15) is 0 Å². The van der Waals surface area contributed by atoms with Crippen LogP contribution < -0.4 is 0 Å². The molecule has 0 aromatic heterocycles. The van der Waals surface area contributed by atoms with Crippen LogP contribution in [0.15, 0.2) is 42.5 Å². The lowest BCUT2D eigenvalue weighted by atomic mass is 9.32. The number of allylic oxidation sites excluding steroid dienone is 1. The summed E-state index contributed by atoms with van der Waals surface area (Å²) in [5.41, 5.74) is 2.07. The van der Waals surface area contributed by atoms with Gasteiger partial charge >= 0.3 is 17.9 Å². The maximum Gasteiger partial charge on any atom is 0.335 e. The van der Waals surface area contributed by atoms with E-state index in [0.717, 1.165) is 69.8 Å². The Morgan fingerprint density at radius 1 is 0.887 bits per heavy atom. The third-order valence-corrected chi connectivity index (χ3v) is 16.2. The van der Waals surface area contributed by atoms with E-state index < -0.39 is 24.5 Å². The number of aliphatic hydroxyl groups excluding tert-OH is 1. The van der Waals surface area contributed by atoms with Gasteiger partial charge in [0.2, 0.25) is 0 Å². The van der Waals surface area contributed by atoms with Crippen LogP contribution >= 0.6 is 0 Å². The highest BCUT2D eigenvalue weighted by Gasteiger charge is 2.71. The minimum absolute atomic E-state index is 0.107. The van der Waals surface area contributed by atoms with Gasteiger partial charge in [0.25, 0.3) is 0 Å². The maximum absolute atomic E-state index is 13.1. The van der Waals surface area contributed by atoms with Crippen molar-refractivity contribution in [3.63, 3.8) is 0 Å². The molecule has 0 radical (unpaired) electrons. The van der Waals surface area contributed by atoms with Crippen LogP contribution in [0.2, 0.25) is 0 Å². The number of phenolic OH excluding ortho intramolecular Hbond substituents is 1. The van der Waals surface area contributed by atoms with Crippen molar-refractivity contribution in [2.75, 3.05) is 13.2 Å². The van der Waals surface area contributed by atoms with Gasteiger partial charge in [0.1, 0.15) is 11.9 Å². The Balaban J connectivity index is 1.19. The molecule has 0 amide bonds. The van der Waals surface area contributed by atoms with Crippen molar-refractivity contribution in [1.29, 1.82) is 0 Å². The van der Waals surface area contributed by atoms with Crippen molar-refractivity contribution in [1.82, 2.24) is 0 Å². The number of carbonyl (C=O) groups excluding carboxylic acids is 3. The fourth-order valence-electron chi connectivity index (χ4n) is 13.4. The Labute approximate surface area is 317 Å². The molecule has 1 unspecified atom stereocenters. The van der Waals surface area contributed by atoms with Gasteiger partial charge in [0, 0.05) is 16.9 Å². The van der Waals surface area contributed by atoms with Gasteiger partial charge < -0.3 is 24.4 Å². The molecule has 53 heavy (non-hydrogen) atoms. The molecule has 0 heterocycles. The number of esters is 3. The Hall–Kier alpha value is -3.13. The number of hydrogen-bond acceptors (Lipinski definition) is 8. The summed E-state index contributed by atoms with van der Waals surface area (Å²) in [6, 6.07) is 6.77. The highest BCUT2D eigenvalue weighted by molar-refractivity contribution is 5.87. The van der Waals surface area contributed by atoms with Crippen LogP contribution in [0.5, 0.6) is 5.75 Å². The third kappa shape index (κ3) is 6.78. The number of fused-ring (bicyclic) bond motifs is 7. The largest absolute Gasteiger partial charge is 0.508 e. The normalized spacial score (nSPS) is 39.1. The number of carbonyl (C=O) groups is 3. The molecule has 5 saturated carbocycles. The van der Waals surface area contributed by atoms with Crippen LogP contribution in [-0.2, 0) is 28.6 Å². The van der Waals surface area contributed by atoms with E-state index in [1.54, 1.807) is 37.3 Å². The molecular weight excluding hydrogens is 668 g/mol. The van der Waals surface area contributed by atoms with E-state index in [-0.39, 0.29) is 58.1 Å². The monoisotopic (exact) mass is 732 g/mol. The molecule has 0 bridgehead atoms. The maximum atomic E-state index is 13.1. The minimum Gasteiger partial charge on any atom is -0.508 e. The average Bonchev–Trinajstić information content (AvgIpc) is 3.49. The molecular formula is C45H64O8. The predicted octanol–water partition coefficient (Wildman–Crippen LogP) is 8.83. The first kappa shape index (κ1) is 39.6. The number of benzene rings is 1. The second kappa shape index (κ2) is 14.5. The zero-order chi connectivity index (χ0) is 38.6. The predicted molar refractivity (Wildman–Crippen MR) is 204 cm³/mol. The minimum atomic E-state index is -1.52.